The van der Waals surface area contributed by atoms with Crippen molar-refractivity contribution in [2.45, 2.75) is 33.2 Å². The van der Waals surface area contributed by atoms with Crippen molar-refractivity contribution in [3.05, 3.63) is 24.3 Å². The van der Waals surface area contributed by atoms with Gasteiger partial charge in [0, 0.05) is 23.2 Å². The Hall–Kier alpha value is -2.32. The lowest BCUT2D eigenvalue weighted by Gasteiger charge is -2.18. The summed E-state index contributed by atoms with van der Waals surface area (Å²) in [7, 11) is 0. The number of rotatable bonds is 4. The van der Waals surface area contributed by atoms with Gasteiger partial charge in [0.15, 0.2) is 0 Å². The zero-order chi connectivity index (χ0) is 16.0. The number of hydrogen-bond acceptors (Lipinski definition) is 3. The molecule has 1 rings (SSSR count). The minimum atomic E-state index is -0.727. The van der Waals surface area contributed by atoms with Crippen molar-refractivity contribution in [1.29, 1.82) is 0 Å². The molecule has 0 bridgehead atoms. The van der Waals surface area contributed by atoms with E-state index in [1.165, 1.54) is 0 Å². The van der Waals surface area contributed by atoms with Gasteiger partial charge in [0.25, 0.3) is 0 Å². The molecule has 1 unspecified atom stereocenters. The van der Waals surface area contributed by atoms with Crippen molar-refractivity contribution in [2.75, 3.05) is 10.6 Å². The highest BCUT2D eigenvalue weighted by molar-refractivity contribution is 5.96. The van der Waals surface area contributed by atoms with E-state index < -0.39 is 11.5 Å². The smallest absolute Gasteiger partial charge is 0.242 e. The van der Waals surface area contributed by atoms with Crippen LogP contribution in [0, 0.1) is 17.8 Å². The Morgan fingerprint density at radius 1 is 1.19 bits per heavy atom. The number of carbonyl (C=O) groups excluding carboxylic acids is 2. The predicted octanol–water partition coefficient (Wildman–Crippen LogP) is 1.96. The van der Waals surface area contributed by atoms with E-state index in [1.54, 1.807) is 24.3 Å². The van der Waals surface area contributed by atoms with Gasteiger partial charge in [-0.2, -0.15) is 0 Å². The van der Waals surface area contributed by atoms with Crippen molar-refractivity contribution in [3.63, 3.8) is 0 Å². The van der Waals surface area contributed by atoms with Crippen molar-refractivity contribution in [1.82, 2.24) is 0 Å². The van der Waals surface area contributed by atoms with E-state index in [4.69, 9.17) is 12.2 Å². The zero-order valence-electron chi connectivity index (χ0n) is 12.6. The first kappa shape index (κ1) is 16.7. The third-order valence-corrected chi connectivity index (χ3v) is 2.77. The van der Waals surface area contributed by atoms with E-state index in [2.05, 4.69) is 16.6 Å². The molecule has 112 valence electrons. The highest BCUT2D eigenvalue weighted by Gasteiger charge is 2.21. The predicted molar refractivity (Wildman–Crippen MR) is 84.6 cm³/mol. The number of nitrogens with one attached hydrogen (secondary N) is 2. The summed E-state index contributed by atoms with van der Waals surface area (Å²) in [6.45, 7) is 5.51. The molecule has 0 fully saturated rings. The molecule has 1 aromatic carbocycles. The summed E-state index contributed by atoms with van der Waals surface area (Å²) in [4.78, 5) is 23.5. The molecule has 2 amide bonds. The number of carbonyl (C=O) groups is 2. The average molecular weight is 287 g/mol. The van der Waals surface area contributed by atoms with Crippen LogP contribution < -0.4 is 16.4 Å². The van der Waals surface area contributed by atoms with Crippen LogP contribution in [0.5, 0.6) is 0 Å². The minimum Gasteiger partial charge on any atom is -0.326 e. The molecule has 1 atom stereocenters. The standard InChI is InChI=1S/C16H21N3O2/c1-5-6-13(17)14(20)18-11-7-9-12(10-8-11)19-15(21)16(2,3)4/h1,7-10,13H,6,17H2,2-4H3,(H,18,20)(H,19,21). The minimum absolute atomic E-state index is 0.0738. The second-order valence-electron chi connectivity index (χ2n) is 5.79. The van der Waals surface area contributed by atoms with Gasteiger partial charge < -0.3 is 16.4 Å². The maximum Gasteiger partial charge on any atom is 0.242 e. The number of anilines is 2. The molecule has 0 spiro atoms. The van der Waals surface area contributed by atoms with E-state index >= 15 is 0 Å². The summed E-state index contributed by atoms with van der Waals surface area (Å²) in [6, 6.07) is 6.09. The maximum atomic E-state index is 11.8. The lowest BCUT2D eigenvalue weighted by atomic mass is 9.95. The van der Waals surface area contributed by atoms with Crippen molar-refractivity contribution >= 4 is 23.2 Å². The third-order valence-electron chi connectivity index (χ3n) is 2.77. The van der Waals surface area contributed by atoms with Gasteiger partial charge in [0.05, 0.1) is 6.04 Å². The normalized spacial score (nSPS) is 12.1. The molecule has 0 aliphatic carbocycles. The first-order valence-electron chi connectivity index (χ1n) is 6.65. The Morgan fingerprint density at radius 3 is 2.10 bits per heavy atom. The van der Waals surface area contributed by atoms with E-state index in [-0.39, 0.29) is 18.2 Å². The molecule has 1 aromatic rings. The van der Waals surface area contributed by atoms with Crippen LogP contribution in [-0.4, -0.2) is 17.9 Å². The molecule has 5 heteroatoms. The first-order valence-corrected chi connectivity index (χ1v) is 6.65. The van der Waals surface area contributed by atoms with Crippen molar-refractivity contribution in [3.8, 4) is 12.3 Å². The van der Waals surface area contributed by atoms with Crippen LogP contribution in [0.2, 0.25) is 0 Å². The van der Waals surface area contributed by atoms with Gasteiger partial charge in [0.2, 0.25) is 11.8 Å². The van der Waals surface area contributed by atoms with Gasteiger partial charge in [-0.25, -0.2) is 0 Å². The number of nitrogens with two attached hydrogens (primary N) is 1. The average Bonchev–Trinajstić information content (AvgIpc) is 2.40. The number of terminal acetylenes is 1. The van der Waals surface area contributed by atoms with Gasteiger partial charge in [-0.15, -0.1) is 12.3 Å². The topological polar surface area (TPSA) is 84.2 Å². The number of hydrogen-bond donors (Lipinski definition) is 3. The van der Waals surface area contributed by atoms with E-state index in [0.29, 0.717) is 11.4 Å². The van der Waals surface area contributed by atoms with E-state index in [0.717, 1.165) is 0 Å². The number of amides is 2. The Kier molecular flexibility index (Phi) is 5.51. The summed E-state index contributed by atoms with van der Waals surface area (Å²) < 4.78 is 0. The lowest BCUT2D eigenvalue weighted by Crippen LogP contribution is -2.35. The Balaban J connectivity index is 2.65. The maximum absolute atomic E-state index is 11.8. The van der Waals surface area contributed by atoms with Gasteiger partial charge in [-0.3, -0.25) is 9.59 Å². The highest BCUT2D eigenvalue weighted by atomic mass is 16.2. The van der Waals surface area contributed by atoms with Crippen molar-refractivity contribution < 1.29 is 9.59 Å². The SMILES string of the molecule is C#CCC(N)C(=O)Nc1ccc(NC(=O)C(C)(C)C)cc1. The summed E-state index contributed by atoms with van der Waals surface area (Å²) in [5.41, 5.74) is 6.41. The molecule has 5 nitrogen and oxygen atoms in total. The zero-order valence-corrected chi connectivity index (χ0v) is 12.6. The molecule has 21 heavy (non-hydrogen) atoms. The second-order valence-corrected chi connectivity index (χ2v) is 5.79. The molecular formula is C16H21N3O2. The molecule has 0 aromatic heterocycles. The molecule has 0 radical (unpaired) electrons. The monoisotopic (exact) mass is 287 g/mol. The van der Waals surface area contributed by atoms with Crippen LogP contribution in [0.25, 0.3) is 0 Å². The molecule has 0 saturated carbocycles. The molecule has 0 heterocycles. The lowest BCUT2D eigenvalue weighted by molar-refractivity contribution is -0.123. The van der Waals surface area contributed by atoms with Crippen LogP contribution in [-0.2, 0) is 9.59 Å². The summed E-state index contributed by atoms with van der Waals surface area (Å²) in [5, 5.41) is 5.47. The summed E-state index contributed by atoms with van der Waals surface area (Å²) in [6.07, 6.45) is 5.30. The highest BCUT2D eigenvalue weighted by Crippen LogP contribution is 2.19. The first-order chi connectivity index (χ1) is 9.74. The fraction of sp³-hybridized carbons (Fsp3) is 0.375. The number of benzene rings is 1. The molecule has 4 N–H and O–H groups in total. The van der Waals surface area contributed by atoms with E-state index in [9.17, 15) is 9.59 Å². The molecular weight excluding hydrogens is 266 g/mol. The third kappa shape index (κ3) is 5.28. The van der Waals surface area contributed by atoms with Crippen LogP contribution in [0.4, 0.5) is 11.4 Å². The van der Waals surface area contributed by atoms with Gasteiger partial charge in [-0.1, -0.05) is 20.8 Å². The Bertz CT molecular complexity index is 550. The Labute approximate surface area is 125 Å². The Morgan fingerprint density at radius 2 is 1.67 bits per heavy atom. The van der Waals surface area contributed by atoms with Crippen molar-refractivity contribution in [2.24, 2.45) is 11.1 Å². The van der Waals surface area contributed by atoms with Gasteiger partial charge in [0.1, 0.15) is 0 Å². The van der Waals surface area contributed by atoms with Crippen LogP contribution >= 0.6 is 0 Å². The van der Waals surface area contributed by atoms with Crippen LogP contribution in [0.3, 0.4) is 0 Å². The molecule has 0 aliphatic heterocycles. The van der Waals surface area contributed by atoms with E-state index in [1.807, 2.05) is 20.8 Å². The quantitative estimate of drug-likeness (QED) is 0.740. The van der Waals surface area contributed by atoms with Crippen LogP contribution in [0.15, 0.2) is 24.3 Å². The summed E-state index contributed by atoms with van der Waals surface area (Å²) >= 11 is 0. The molecule has 0 saturated heterocycles. The molecule has 0 aliphatic rings. The summed E-state index contributed by atoms with van der Waals surface area (Å²) in [5.74, 6) is 1.94. The fourth-order valence-electron chi connectivity index (χ4n) is 1.41. The largest absolute Gasteiger partial charge is 0.326 e. The fourth-order valence-corrected chi connectivity index (χ4v) is 1.41. The van der Waals surface area contributed by atoms with Gasteiger partial charge in [-0.05, 0) is 24.3 Å². The van der Waals surface area contributed by atoms with Gasteiger partial charge >= 0.3 is 0 Å². The second kappa shape index (κ2) is 6.91. The van der Waals surface area contributed by atoms with Crippen LogP contribution in [0.1, 0.15) is 27.2 Å².